The lowest BCUT2D eigenvalue weighted by atomic mass is 10.00. The van der Waals surface area contributed by atoms with E-state index in [0.29, 0.717) is 37.5 Å². The van der Waals surface area contributed by atoms with Crippen molar-refractivity contribution in [2.75, 3.05) is 50.2 Å². The normalized spacial score (nSPS) is 17.4. The standard InChI is InChI=1S/C27H26F4N4O4S/c1-38-18-5-3-4-17(13-18)33-8-10-34(11-9-33)26-32-24-19(15-40-25(24)28)20(14-23(36)37)35(26)21-12-16(27(29,30)31)6-7-22(21)39-2/h3-7,12-13,15,20H,8-11,14H2,1-2H3,(H,36,37)/t20-/m1/s1. The summed E-state index contributed by atoms with van der Waals surface area (Å²) < 4.78 is 66.9. The van der Waals surface area contributed by atoms with Crippen molar-refractivity contribution < 1.29 is 36.9 Å². The number of aliphatic imine (C=N–C) groups is 1. The number of hydrogen-bond donors (Lipinski definition) is 1. The van der Waals surface area contributed by atoms with Crippen molar-refractivity contribution in [2.45, 2.75) is 18.6 Å². The number of fused-ring (bicyclic) bond motifs is 1. The van der Waals surface area contributed by atoms with Crippen molar-refractivity contribution in [3.8, 4) is 11.5 Å². The molecule has 3 heterocycles. The molecule has 13 heteroatoms. The number of anilines is 2. The Morgan fingerprint density at radius 1 is 1.07 bits per heavy atom. The maximum Gasteiger partial charge on any atom is 0.416 e. The smallest absolute Gasteiger partial charge is 0.416 e. The van der Waals surface area contributed by atoms with Gasteiger partial charge in [0, 0.05) is 48.9 Å². The van der Waals surface area contributed by atoms with Gasteiger partial charge in [-0.05, 0) is 30.3 Å². The van der Waals surface area contributed by atoms with Gasteiger partial charge in [0.15, 0.2) is 0 Å². The number of piperazine rings is 1. The van der Waals surface area contributed by atoms with E-state index in [2.05, 4.69) is 9.89 Å². The van der Waals surface area contributed by atoms with E-state index in [4.69, 9.17) is 9.47 Å². The van der Waals surface area contributed by atoms with E-state index in [1.807, 2.05) is 29.2 Å². The molecule has 0 saturated carbocycles. The first-order valence-electron chi connectivity index (χ1n) is 12.4. The second-order valence-electron chi connectivity index (χ2n) is 9.27. The average Bonchev–Trinajstić information content (AvgIpc) is 3.32. The molecule has 40 heavy (non-hydrogen) atoms. The monoisotopic (exact) mass is 578 g/mol. The van der Waals surface area contributed by atoms with Gasteiger partial charge in [-0.15, -0.1) is 11.3 Å². The third-order valence-electron chi connectivity index (χ3n) is 6.96. The second-order valence-corrected chi connectivity index (χ2v) is 10.1. The lowest BCUT2D eigenvalue weighted by Gasteiger charge is -2.44. The zero-order valence-electron chi connectivity index (χ0n) is 21.6. The number of rotatable bonds is 6. The molecular formula is C27H26F4N4O4S. The summed E-state index contributed by atoms with van der Waals surface area (Å²) in [5.74, 6) is -0.219. The first-order chi connectivity index (χ1) is 19.1. The van der Waals surface area contributed by atoms with E-state index >= 15 is 0 Å². The summed E-state index contributed by atoms with van der Waals surface area (Å²) in [6.45, 7) is 1.86. The van der Waals surface area contributed by atoms with Crippen LogP contribution >= 0.6 is 11.3 Å². The number of guanidine groups is 1. The molecule has 0 radical (unpaired) electrons. The number of carbonyl (C=O) groups is 1. The van der Waals surface area contributed by atoms with Crippen molar-refractivity contribution >= 4 is 40.3 Å². The molecule has 1 aromatic heterocycles. The SMILES string of the molecule is COc1cccc(N2CCN(C3=Nc4c(csc4F)[C@@H](CC(=O)O)N3c3cc(C(F)(F)F)ccc3OC)CC2)c1. The predicted octanol–water partition coefficient (Wildman–Crippen LogP) is 5.77. The largest absolute Gasteiger partial charge is 0.497 e. The number of methoxy groups -OCH3 is 2. The molecule has 1 saturated heterocycles. The Labute approximate surface area is 231 Å². The number of benzene rings is 2. The highest BCUT2D eigenvalue weighted by atomic mass is 32.1. The van der Waals surface area contributed by atoms with Gasteiger partial charge < -0.3 is 29.3 Å². The first-order valence-corrected chi connectivity index (χ1v) is 13.2. The Bertz CT molecular complexity index is 1440. The second kappa shape index (κ2) is 10.9. The summed E-state index contributed by atoms with van der Waals surface area (Å²) in [6.07, 6.45) is -5.15. The lowest BCUT2D eigenvalue weighted by molar-refractivity contribution is -0.138. The van der Waals surface area contributed by atoms with Crippen LogP contribution in [0.5, 0.6) is 11.5 Å². The Morgan fingerprint density at radius 2 is 1.80 bits per heavy atom. The summed E-state index contributed by atoms with van der Waals surface area (Å²) in [6, 6.07) is 9.57. The molecule has 0 aliphatic carbocycles. The average molecular weight is 579 g/mol. The lowest BCUT2D eigenvalue weighted by Crippen LogP contribution is -2.55. The highest BCUT2D eigenvalue weighted by molar-refractivity contribution is 7.08. The van der Waals surface area contributed by atoms with Crippen molar-refractivity contribution in [1.82, 2.24) is 4.90 Å². The van der Waals surface area contributed by atoms with Gasteiger partial charge >= 0.3 is 12.1 Å². The van der Waals surface area contributed by atoms with Crippen LogP contribution < -0.4 is 19.3 Å². The maximum absolute atomic E-state index is 14.9. The van der Waals surface area contributed by atoms with Crippen molar-refractivity contribution in [3.63, 3.8) is 0 Å². The van der Waals surface area contributed by atoms with Gasteiger partial charge in [-0.3, -0.25) is 4.79 Å². The van der Waals surface area contributed by atoms with Crippen LogP contribution in [0, 0.1) is 5.13 Å². The van der Waals surface area contributed by atoms with E-state index in [1.54, 1.807) is 7.11 Å². The molecule has 2 aromatic carbocycles. The molecule has 0 amide bonds. The fourth-order valence-corrected chi connectivity index (χ4v) is 5.78. The Hall–Kier alpha value is -4.00. The van der Waals surface area contributed by atoms with Gasteiger partial charge in [0.25, 0.3) is 0 Å². The van der Waals surface area contributed by atoms with Gasteiger partial charge in [-0.2, -0.15) is 17.6 Å². The van der Waals surface area contributed by atoms with Crippen LogP contribution in [0.15, 0.2) is 52.8 Å². The van der Waals surface area contributed by atoms with Crippen LogP contribution in [-0.4, -0.2) is 62.3 Å². The quantitative estimate of drug-likeness (QED) is 0.372. The molecule has 212 valence electrons. The molecule has 0 spiro atoms. The molecular weight excluding hydrogens is 552 g/mol. The summed E-state index contributed by atoms with van der Waals surface area (Å²) >= 11 is 0.772. The van der Waals surface area contributed by atoms with E-state index in [-0.39, 0.29) is 23.1 Å². The fourth-order valence-electron chi connectivity index (χ4n) is 5.01. The van der Waals surface area contributed by atoms with Crippen LogP contribution in [-0.2, 0) is 11.0 Å². The van der Waals surface area contributed by atoms with E-state index < -0.39 is 35.3 Å². The fraction of sp³-hybridized carbons (Fsp3) is 0.333. The number of thiophene rings is 1. The van der Waals surface area contributed by atoms with E-state index in [1.165, 1.54) is 23.5 Å². The minimum atomic E-state index is -4.65. The molecule has 3 aromatic rings. The molecule has 0 unspecified atom stereocenters. The number of halogens is 4. The van der Waals surface area contributed by atoms with Gasteiger partial charge in [0.2, 0.25) is 11.1 Å². The number of nitrogens with zero attached hydrogens (tertiary/aromatic N) is 4. The first kappa shape index (κ1) is 27.6. The number of aliphatic carboxylic acids is 1. The number of carboxylic acid groups (broad SMARTS) is 1. The van der Waals surface area contributed by atoms with Crippen LogP contribution in [0.3, 0.4) is 0 Å². The van der Waals surface area contributed by atoms with Gasteiger partial charge in [0.1, 0.15) is 17.2 Å². The summed E-state index contributed by atoms with van der Waals surface area (Å²) in [4.78, 5) is 22.0. The van der Waals surface area contributed by atoms with Crippen molar-refractivity contribution in [2.24, 2.45) is 4.99 Å². The number of ether oxygens (including phenoxy) is 2. The van der Waals surface area contributed by atoms with Gasteiger partial charge in [0.05, 0.1) is 37.9 Å². The number of hydrogen-bond acceptors (Lipinski definition) is 8. The van der Waals surface area contributed by atoms with Gasteiger partial charge in [-0.25, -0.2) is 4.99 Å². The molecule has 2 aliphatic heterocycles. The number of alkyl halides is 3. The van der Waals surface area contributed by atoms with Gasteiger partial charge in [-0.1, -0.05) is 6.07 Å². The highest BCUT2D eigenvalue weighted by Crippen LogP contribution is 2.47. The van der Waals surface area contributed by atoms with Crippen molar-refractivity contribution in [3.05, 3.63) is 64.1 Å². The molecule has 1 fully saturated rings. The van der Waals surface area contributed by atoms with Crippen LogP contribution in [0.4, 0.5) is 34.6 Å². The molecule has 0 bridgehead atoms. The molecule has 2 aliphatic rings. The topological polar surface area (TPSA) is 77.8 Å². The summed E-state index contributed by atoms with van der Waals surface area (Å²) in [5, 5.41) is 10.6. The number of carboxylic acids is 1. The molecule has 8 nitrogen and oxygen atoms in total. The zero-order valence-corrected chi connectivity index (χ0v) is 22.4. The van der Waals surface area contributed by atoms with Crippen LogP contribution in [0.2, 0.25) is 0 Å². The summed E-state index contributed by atoms with van der Waals surface area (Å²) in [7, 11) is 2.90. The Kier molecular flexibility index (Phi) is 7.49. The van der Waals surface area contributed by atoms with E-state index in [9.17, 15) is 27.5 Å². The van der Waals surface area contributed by atoms with Crippen LogP contribution in [0.1, 0.15) is 23.6 Å². The molecule has 1 atom stereocenters. The van der Waals surface area contributed by atoms with E-state index in [0.717, 1.165) is 29.2 Å². The third kappa shape index (κ3) is 5.25. The highest BCUT2D eigenvalue weighted by Gasteiger charge is 2.41. The molecule has 1 N–H and O–H groups in total. The predicted molar refractivity (Wildman–Crippen MR) is 144 cm³/mol. The van der Waals surface area contributed by atoms with Crippen LogP contribution in [0.25, 0.3) is 0 Å². The molecule has 5 rings (SSSR count). The Balaban J connectivity index is 1.58. The third-order valence-corrected chi connectivity index (χ3v) is 7.73. The minimum absolute atomic E-state index is 0.00340. The maximum atomic E-state index is 14.9. The summed E-state index contributed by atoms with van der Waals surface area (Å²) in [5.41, 5.74) is 0.305. The van der Waals surface area contributed by atoms with Crippen molar-refractivity contribution in [1.29, 1.82) is 0 Å². The minimum Gasteiger partial charge on any atom is -0.497 e. The Morgan fingerprint density at radius 3 is 2.45 bits per heavy atom. The zero-order chi connectivity index (χ0) is 28.6.